The van der Waals surface area contributed by atoms with Gasteiger partial charge < -0.3 is 20.1 Å². The Morgan fingerprint density at radius 2 is 1.59 bits per heavy atom. The molecule has 4 aromatic carbocycles. The number of hydrogen-bond donors (Lipinski definition) is 3. The van der Waals surface area contributed by atoms with Crippen molar-refractivity contribution in [3.05, 3.63) is 129 Å². The van der Waals surface area contributed by atoms with Crippen molar-refractivity contribution in [2.75, 3.05) is 11.9 Å². The molecule has 51 heavy (non-hydrogen) atoms. The molecule has 0 spiro atoms. The Balaban J connectivity index is 1.45. The van der Waals surface area contributed by atoms with Crippen molar-refractivity contribution in [1.29, 1.82) is 5.26 Å². The number of carbonyl (C=O) groups excluding carboxylic acids is 2. The average molecular weight is 714 g/mol. The Bertz CT molecular complexity index is 1970. The Kier molecular flexibility index (Phi) is 12.7. The van der Waals surface area contributed by atoms with Crippen LogP contribution in [0.4, 0.5) is 16.2 Å². The van der Waals surface area contributed by atoms with Crippen LogP contribution in [0.5, 0.6) is 5.75 Å². The number of nitrogens with one attached hydrogen (secondary N) is 3. The summed E-state index contributed by atoms with van der Waals surface area (Å²) in [5, 5.41) is 26.3. The van der Waals surface area contributed by atoms with Gasteiger partial charge in [0.2, 0.25) is 0 Å². The number of carbonyl (C=O) groups is 2. The Morgan fingerprint density at radius 3 is 2.22 bits per heavy atom. The Hall–Kier alpha value is -5.94. The number of nitro groups is 1. The minimum Gasteiger partial charge on any atom is -0.489 e. The number of sulfonamides is 1. The third-order valence-corrected chi connectivity index (χ3v) is 8.72. The van der Waals surface area contributed by atoms with Crippen LogP contribution in [0.15, 0.2) is 102 Å². The first kappa shape index (κ1) is 37.9. The van der Waals surface area contributed by atoms with Crippen molar-refractivity contribution in [3.63, 3.8) is 0 Å². The van der Waals surface area contributed by atoms with Gasteiger partial charge in [-0.3, -0.25) is 14.9 Å². The summed E-state index contributed by atoms with van der Waals surface area (Å²) in [5.74, 6) is -0.560. The van der Waals surface area contributed by atoms with Gasteiger partial charge in [-0.05, 0) is 86.7 Å². The largest absolute Gasteiger partial charge is 0.489 e. The first-order valence-electron chi connectivity index (χ1n) is 16.1. The van der Waals surface area contributed by atoms with E-state index in [1.54, 1.807) is 69.3 Å². The number of alkyl carbamates (subject to hydrolysis) is 1. The van der Waals surface area contributed by atoms with Gasteiger partial charge in [-0.25, -0.2) is 17.9 Å². The van der Waals surface area contributed by atoms with Gasteiger partial charge in [-0.2, -0.15) is 5.26 Å². The van der Waals surface area contributed by atoms with Gasteiger partial charge in [0, 0.05) is 19.0 Å². The second kappa shape index (κ2) is 17.1. The van der Waals surface area contributed by atoms with Crippen LogP contribution >= 0.6 is 0 Å². The van der Waals surface area contributed by atoms with Gasteiger partial charge in [0.25, 0.3) is 21.6 Å². The summed E-state index contributed by atoms with van der Waals surface area (Å²) in [4.78, 5) is 36.8. The molecular weight excluding hydrogens is 675 g/mol. The molecule has 14 heteroatoms. The van der Waals surface area contributed by atoms with Crippen LogP contribution in [0, 0.1) is 21.4 Å². The molecule has 2 amide bonds. The number of nitro benzene ring substituents is 1. The van der Waals surface area contributed by atoms with E-state index in [4.69, 9.17) is 14.7 Å². The highest BCUT2D eigenvalue weighted by Gasteiger charge is 2.30. The quantitative estimate of drug-likeness (QED) is 0.0745. The zero-order valence-corrected chi connectivity index (χ0v) is 29.2. The summed E-state index contributed by atoms with van der Waals surface area (Å²) in [6, 6.07) is 27.3. The first-order chi connectivity index (χ1) is 24.2. The number of anilines is 1. The summed E-state index contributed by atoms with van der Waals surface area (Å²) >= 11 is 0. The summed E-state index contributed by atoms with van der Waals surface area (Å²) in [6.07, 6.45) is 0.358. The van der Waals surface area contributed by atoms with E-state index in [0.717, 1.165) is 29.7 Å². The number of benzene rings is 4. The molecule has 0 bridgehead atoms. The minimum atomic E-state index is -4.61. The lowest BCUT2D eigenvalue weighted by Gasteiger charge is -2.23. The third kappa shape index (κ3) is 11.9. The fraction of sp³-hybridized carbons (Fsp3) is 0.270. The zero-order valence-electron chi connectivity index (χ0n) is 28.4. The van der Waals surface area contributed by atoms with E-state index >= 15 is 0 Å². The lowest BCUT2D eigenvalue weighted by molar-refractivity contribution is -0.384. The summed E-state index contributed by atoms with van der Waals surface area (Å²) in [6.45, 7) is 5.56. The fourth-order valence-electron chi connectivity index (χ4n) is 4.86. The number of amides is 2. The number of hydrogen-bond acceptors (Lipinski definition) is 10. The van der Waals surface area contributed by atoms with E-state index < -0.39 is 49.2 Å². The molecule has 0 heterocycles. The van der Waals surface area contributed by atoms with E-state index in [-0.39, 0.29) is 18.7 Å². The molecule has 4 rings (SSSR count). The highest BCUT2D eigenvalue weighted by Crippen LogP contribution is 2.28. The molecule has 4 aromatic rings. The van der Waals surface area contributed by atoms with Gasteiger partial charge in [-0.15, -0.1) is 0 Å². The Labute approximate surface area is 296 Å². The second-order valence-electron chi connectivity index (χ2n) is 12.6. The smallest absolute Gasteiger partial charge is 0.408 e. The summed E-state index contributed by atoms with van der Waals surface area (Å²) < 4.78 is 39.7. The first-order valence-corrected chi connectivity index (χ1v) is 17.5. The molecule has 0 radical (unpaired) electrons. The van der Waals surface area contributed by atoms with Crippen molar-refractivity contribution in [2.24, 2.45) is 0 Å². The highest BCUT2D eigenvalue weighted by atomic mass is 32.2. The van der Waals surface area contributed by atoms with Crippen LogP contribution < -0.4 is 20.1 Å². The highest BCUT2D eigenvalue weighted by molar-refractivity contribution is 7.90. The monoisotopic (exact) mass is 713 g/mol. The van der Waals surface area contributed by atoms with Crippen LogP contribution in [-0.4, -0.2) is 43.5 Å². The maximum absolute atomic E-state index is 13.4. The molecule has 1 atom stereocenters. The maximum Gasteiger partial charge on any atom is 0.408 e. The van der Waals surface area contributed by atoms with Gasteiger partial charge >= 0.3 is 6.09 Å². The third-order valence-electron chi connectivity index (χ3n) is 7.37. The average Bonchev–Trinajstić information content (AvgIpc) is 3.09. The van der Waals surface area contributed by atoms with Crippen LogP contribution in [0.3, 0.4) is 0 Å². The van der Waals surface area contributed by atoms with Crippen molar-refractivity contribution < 1.29 is 32.4 Å². The molecular formula is C37H39N5O8S. The molecule has 0 fully saturated rings. The molecule has 0 aliphatic rings. The van der Waals surface area contributed by atoms with Crippen molar-refractivity contribution in [2.45, 2.75) is 63.2 Å². The number of rotatable bonds is 15. The van der Waals surface area contributed by atoms with E-state index in [1.807, 2.05) is 35.1 Å². The van der Waals surface area contributed by atoms with E-state index in [9.17, 15) is 28.1 Å². The lowest BCUT2D eigenvalue weighted by atomic mass is 10.1. The van der Waals surface area contributed by atoms with Crippen LogP contribution in [0.1, 0.15) is 49.4 Å². The molecule has 266 valence electrons. The van der Waals surface area contributed by atoms with Gasteiger partial charge in [0.1, 0.15) is 29.7 Å². The molecule has 0 aliphatic heterocycles. The summed E-state index contributed by atoms with van der Waals surface area (Å²) in [7, 11) is -4.61. The minimum absolute atomic E-state index is 0.123. The molecule has 0 aromatic heterocycles. The molecule has 3 N–H and O–H groups in total. The lowest BCUT2D eigenvalue weighted by Crippen LogP contribution is -2.50. The normalized spacial score (nSPS) is 11.8. The van der Waals surface area contributed by atoms with Crippen LogP contribution in [0.25, 0.3) is 0 Å². The number of ether oxygens (including phenoxy) is 2. The number of nitriles is 1. The van der Waals surface area contributed by atoms with E-state index in [1.165, 1.54) is 6.07 Å². The fourth-order valence-corrected chi connectivity index (χ4v) is 5.90. The molecule has 13 nitrogen and oxygen atoms in total. The van der Waals surface area contributed by atoms with Gasteiger partial charge in [-0.1, -0.05) is 54.6 Å². The molecule has 0 saturated carbocycles. The van der Waals surface area contributed by atoms with E-state index in [0.29, 0.717) is 29.8 Å². The van der Waals surface area contributed by atoms with E-state index in [2.05, 4.69) is 16.7 Å². The van der Waals surface area contributed by atoms with Crippen molar-refractivity contribution in [3.8, 4) is 11.8 Å². The van der Waals surface area contributed by atoms with Crippen molar-refractivity contribution >= 4 is 33.4 Å². The summed E-state index contributed by atoms with van der Waals surface area (Å²) in [5.41, 5.74) is 1.82. The number of nitrogens with zero attached hydrogens (tertiary/aromatic N) is 2. The van der Waals surface area contributed by atoms with Crippen molar-refractivity contribution in [1.82, 2.24) is 10.0 Å². The number of aryl methyl sites for hydroxylation is 1. The topological polar surface area (TPSA) is 190 Å². The van der Waals surface area contributed by atoms with Gasteiger partial charge in [0.05, 0.1) is 21.5 Å². The van der Waals surface area contributed by atoms with Crippen LogP contribution in [0.2, 0.25) is 0 Å². The molecule has 0 aliphatic carbocycles. The molecule has 0 unspecified atom stereocenters. The second-order valence-corrected chi connectivity index (χ2v) is 14.2. The maximum atomic E-state index is 13.4. The Morgan fingerprint density at radius 1 is 0.922 bits per heavy atom. The predicted molar refractivity (Wildman–Crippen MR) is 190 cm³/mol. The van der Waals surface area contributed by atoms with Gasteiger partial charge in [0.15, 0.2) is 0 Å². The zero-order chi connectivity index (χ0) is 37.0. The standard InChI is InChI=1S/C37H39N5O8S/c1-37(2,3)50-36(44)40-33(22-27-15-17-30(18-16-27)49-25-29-13-11-28(24-38)12-14-29)35(43)41-51(47,48)31-19-20-32(34(23-31)42(45)46)39-21-7-10-26-8-5-4-6-9-26/h4-6,8-9,11-20,23,33,39H,7,10,21-22,25H2,1-3H3,(H,40,44)(H,41,43)/t33-/m0/s1. The predicted octanol–water partition coefficient (Wildman–Crippen LogP) is 6.03. The van der Waals surface area contributed by atoms with Crippen LogP contribution in [-0.2, 0) is 39.0 Å². The molecule has 0 saturated heterocycles. The SMILES string of the molecule is CC(C)(C)OC(=O)N[C@@H](Cc1ccc(OCc2ccc(C#N)cc2)cc1)C(=O)NS(=O)(=O)c1ccc(NCCCc2ccccc2)c([N+](=O)[O-])c1.